The van der Waals surface area contributed by atoms with Crippen molar-refractivity contribution >= 4 is 11.4 Å². The van der Waals surface area contributed by atoms with Crippen LogP contribution in [0.15, 0.2) is 47.5 Å². The molecule has 0 atom stereocenters. The molecule has 0 unspecified atom stereocenters. The number of benzene rings is 2. The van der Waals surface area contributed by atoms with Crippen LogP contribution in [0, 0.1) is 11.8 Å². The Morgan fingerprint density at radius 3 is 1.17 bits per heavy atom. The molecule has 1 aliphatic heterocycles. The molecular weight excluding hydrogens is 779 g/mol. The minimum Gasteiger partial charge on any atom is -0.493 e. The van der Waals surface area contributed by atoms with Crippen molar-refractivity contribution < 1.29 is 31.4 Å². The second-order valence-electron chi connectivity index (χ2n) is 16.8. The third-order valence-electron chi connectivity index (χ3n) is 11.6. The zero-order valence-corrected chi connectivity index (χ0v) is 41.1. The zero-order chi connectivity index (χ0) is 43.5. The Labute approximate surface area is 381 Å². The molecule has 60 heavy (non-hydrogen) atoms. The minimum atomic E-state index is 0. The Hall–Kier alpha value is -2.51. The van der Waals surface area contributed by atoms with Gasteiger partial charge < -0.3 is 15.7 Å². The van der Waals surface area contributed by atoms with Crippen molar-refractivity contribution in [3.63, 3.8) is 0 Å². The van der Waals surface area contributed by atoms with E-state index >= 15 is 0 Å². The van der Waals surface area contributed by atoms with Crippen LogP contribution in [-0.4, -0.2) is 29.1 Å². The smallest absolute Gasteiger partial charge is 0.223 e. The van der Waals surface area contributed by atoms with Crippen LogP contribution >= 0.6 is 0 Å². The van der Waals surface area contributed by atoms with Crippen molar-refractivity contribution in [1.82, 2.24) is 0 Å². The van der Waals surface area contributed by atoms with Gasteiger partial charge in [-0.05, 0) is 117 Å². The maximum absolute atomic E-state index is 12.7. The van der Waals surface area contributed by atoms with E-state index < -0.39 is 0 Å². The molecule has 342 valence electrons. The molecule has 0 saturated carbocycles. The SMILES string of the molecule is CCCCCCCC#CC1=C(c2cc(CCCC)cc(CCCC)c2)[N+](=[N-])C(c2cc(CCCCCCCC)cc(CCCCCCCC)c2)=C1CCCC.CO.CO.[Ni]. The van der Waals surface area contributed by atoms with Gasteiger partial charge in [0.25, 0.3) is 0 Å². The number of hydrogen-bond acceptors (Lipinski definition) is 2. The van der Waals surface area contributed by atoms with Crippen molar-refractivity contribution in [3.8, 4) is 11.8 Å². The molecule has 5 heteroatoms. The van der Waals surface area contributed by atoms with Crippen molar-refractivity contribution in [1.29, 1.82) is 0 Å². The first kappa shape index (κ1) is 57.5. The monoisotopic (exact) mass is 869 g/mol. The summed E-state index contributed by atoms with van der Waals surface area (Å²) in [5.74, 6) is 7.39. The number of rotatable bonds is 30. The van der Waals surface area contributed by atoms with Crippen LogP contribution in [0.2, 0.25) is 0 Å². The second kappa shape index (κ2) is 38.2. The fraction of sp³-hybridized carbons (Fsp3) is 0.673. The molecule has 4 nitrogen and oxygen atoms in total. The van der Waals surface area contributed by atoms with Gasteiger partial charge in [0, 0.05) is 53.8 Å². The van der Waals surface area contributed by atoms with Crippen LogP contribution in [0.4, 0.5) is 0 Å². The van der Waals surface area contributed by atoms with Gasteiger partial charge in [-0.2, -0.15) is 0 Å². The van der Waals surface area contributed by atoms with Gasteiger partial charge in [0.1, 0.15) is 5.57 Å². The summed E-state index contributed by atoms with van der Waals surface area (Å²) in [5, 5.41) is 14.0. The standard InChI is InChI=1S/C53H82N2.2CH4O.Ni/c1-7-13-19-22-25-28-31-37-51-50(36-18-12-6)52(55(54)53(51)48-40-44(32-16-10-4)38-45(41-48)33-17-11-5)49-42-46(34-29-26-23-20-14-8-2)39-47(43-49)35-30-27-24-21-15-9-3;2*1-2;/h38-43H,7-30,32-36H2,1-6H3;2*2H,1H3;. The molecule has 0 spiro atoms. The van der Waals surface area contributed by atoms with Gasteiger partial charge in [-0.1, -0.05) is 175 Å². The quantitative estimate of drug-likeness (QED) is 0.0355. The third-order valence-corrected chi connectivity index (χ3v) is 11.6. The van der Waals surface area contributed by atoms with E-state index in [1.807, 2.05) is 0 Å². The molecule has 0 aliphatic carbocycles. The van der Waals surface area contributed by atoms with Crippen molar-refractivity contribution in [2.75, 3.05) is 14.2 Å². The normalized spacial score (nSPS) is 12.1. The van der Waals surface area contributed by atoms with Gasteiger partial charge >= 0.3 is 0 Å². The van der Waals surface area contributed by atoms with Gasteiger partial charge in [-0.25, -0.2) is 4.70 Å². The van der Waals surface area contributed by atoms with Gasteiger partial charge in [-0.3, -0.25) is 0 Å². The number of nitrogens with zero attached hydrogens (tertiary/aromatic N) is 2. The average Bonchev–Trinajstić information content (AvgIpc) is 3.54. The van der Waals surface area contributed by atoms with E-state index in [4.69, 9.17) is 10.2 Å². The first-order valence-corrected chi connectivity index (χ1v) is 24.6. The molecule has 0 radical (unpaired) electrons. The van der Waals surface area contributed by atoms with Crippen LogP contribution in [-0.2, 0) is 42.2 Å². The van der Waals surface area contributed by atoms with E-state index in [-0.39, 0.29) is 16.5 Å². The summed E-state index contributed by atoms with van der Waals surface area (Å²) in [6, 6.07) is 14.5. The Kier molecular flexibility index (Phi) is 36.6. The summed E-state index contributed by atoms with van der Waals surface area (Å²) in [4.78, 5) is 0. The Morgan fingerprint density at radius 2 is 0.750 bits per heavy atom. The molecule has 0 saturated heterocycles. The van der Waals surface area contributed by atoms with E-state index in [1.54, 1.807) is 4.70 Å². The van der Waals surface area contributed by atoms with Crippen LogP contribution < -0.4 is 0 Å². The largest absolute Gasteiger partial charge is 0.493 e. The number of aliphatic hydroxyl groups is 2. The number of aliphatic hydroxyl groups excluding tert-OH is 2. The molecule has 0 bridgehead atoms. The van der Waals surface area contributed by atoms with E-state index in [2.05, 4.69) is 89.8 Å². The summed E-state index contributed by atoms with van der Waals surface area (Å²) in [6.07, 6.45) is 35.1. The summed E-state index contributed by atoms with van der Waals surface area (Å²) in [6.45, 7) is 13.7. The van der Waals surface area contributed by atoms with Gasteiger partial charge in [0.2, 0.25) is 11.4 Å². The van der Waals surface area contributed by atoms with Crippen LogP contribution in [0.3, 0.4) is 0 Å². The molecule has 0 fully saturated rings. The minimum absolute atomic E-state index is 0. The van der Waals surface area contributed by atoms with Crippen molar-refractivity contribution in [2.24, 2.45) is 0 Å². The number of hydrogen-bond donors (Lipinski definition) is 2. The van der Waals surface area contributed by atoms with E-state index in [0.29, 0.717) is 0 Å². The average molecular weight is 870 g/mol. The molecule has 2 aromatic carbocycles. The topological polar surface area (TPSA) is 65.8 Å². The molecule has 2 N–H and O–H groups in total. The first-order valence-electron chi connectivity index (χ1n) is 24.6. The van der Waals surface area contributed by atoms with Crippen LogP contribution in [0.5, 0.6) is 0 Å². The maximum atomic E-state index is 12.7. The second-order valence-corrected chi connectivity index (χ2v) is 16.8. The molecule has 2 aromatic rings. The summed E-state index contributed by atoms with van der Waals surface area (Å²) in [7, 11) is 2.00. The Bertz CT molecular complexity index is 1480. The Morgan fingerprint density at radius 1 is 0.417 bits per heavy atom. The van der Waals surface area contributed by atoms with Crippen molar-refractivity contribution in [3.05, 3.63) is 86.5 Å². The first-order chi connectivity index (χ1) is 29.0. The third kappa shape index (κ3) is 22.0. The molecule has 0 aromatic heterocycles. The van der Waals surface area contributed by atoms with E-state index in [0.717, 1.165) is 94.5 Å². The van der Waals surface area contributed by atoms with Crippen LogP contribution in [0.25, 0.3) is 16.9 Å². The molecule has 1 heterocycles. The fourth-order valence-electron chi connectivity index (χ4n) is 8.23. The van der Waals surface area contributed by atoms with Crippen LogP contribution in [0.1, 0.15) is 235 Å². The molecule has 1 aliphatic rings. The van der Waals surface area contributed by atoms with Crippen molar-refractivity contribution in [2.45, 2.75) is 228 Å². The fourth-order valence-corrected chi connectivity index (χ4v) is 8.23. The summed E-state index contributed by atoms with van der Waals surface area (Å²) >= 11 is 0. The number of allylic oxidation sites excluding steroid dienone is 2. The van der Waals surface area contributed by atoms with Gasteiger partial charge in [0.05, 0.1) is 0 Å². The maximum Gasteiger partial charge on any atom is 0.223 e. The predicted octanol–water partition coefficient (Wildman–Crippen LogP) is 16.1. The molecular formula is C55H90N2NiO2. The molecule has 3 rings (SSSR count). The van der Waals surface area contributed by atoms with E-state index in [9.17, 15) is 5.53 Å². The van der Waals surface area contributed by atoms with E-state index in [1.165, 1.54) is 162 Å². The summed E-state index contributed by atoms with van der Waals surface area (Å²) in [5.41, 5.74) is 24.8. The number of unbranched alkanes of at least 4 members (excludes halogenated alkanes) is 18. The summed E-state index contributed by atoms with van der Waals surface area (Å²) < 4.78 is 1.59. The predicted molar refractivity (Wildman–Crippen MR) is 259 cm³/mol. The molecule has 0 amide bonds. The Balaban J connectivity index is 0.00000675. The zero-order valence-electron chi connectivity index (χ0n) is 40.1. The van der Waals surface area contributed by atoms with Gasteiger partial charge in [0.15, 0.2) is 0 Å². The van der Waals surface area contributed by atoms with Gasteiger partial charge in [-0.15, -0.1) is 0 Å². The number of aryl methyl sites for hydroxylation is 4.